The van der Waals surface area contributed by atoms with E-state index in [9.17, 15) is 0 Å². The van der Waals surface area contributed by atoms with E-state index < -0.39 is 0 Å². The highest BCUT2D eigenvalue weighted by atomic mass is 31.0. The van der Waals surface area contributed by atoms with Crippen molar-refractivity contribution < 1.29 is 0 Å². The number of rotatable bonds is 6. The molecule has 0 heterocycles. The minimum absolute atomic E-state index is 0. The predicted octanol–water partition coefficient (Wildman–Crippen LogP) is 10.8. The summed E-state index contributed by atoms with van der Waals surface area (Å²) in [5.74, 6) is 0.202. The van der Waals surface area contributed by atoms with Crippen molar-refractivity contribution in [2.24, 2.45) is 0 Å². The number of allylic oxidation sites excluding steroid dienone is 1. The molecule has 2 aromatic carbocycles. The van der Waals surface area contributed by atoms with Crippen molar-refractivity contribution in [3.63, 3.8) is 0 Å². The monoisotopic (exact) mass is 508 g/mol. The molecule has 1 atom stereocenters. The van der Waals surface area contributed by atoms with Crippen molar-refractivity contribution in [3.8, 4) is 0 Å². The minimum atomic E-state index is 0. The number of hydrogen-bond donors (Lipinski definition) is 0. The highest BCUT2D eigenvalue weighted by Crippen LogP contribution is 2.45. The molecule has 0 aromatic heterocycles. The average molecular weight is 509 g/mol. The first kappa shape index (κ1) is 32.6. The van der Waals surface area contributed by atoms with Crippen LogP contribution in [0.3, 0.4) is 0 Å². The zero-order valence-corrected chi connectivity index (χ0v) is 27.5. The third-order valence-corrected chi connectivity index (χ3v) is 7.34. The third-order valence-electron chi connectivity index (χ3n) is 7.34. The number of benzene rings is 2. The summed E-state index contributed by atoms with van der Waals surface area (Å²) < 4.78 is 0. The van der Waals surface area contributed by atoms with Crippen LogP contribution in [0.5, 0.6) is 0 Å². The first-order valence-corrected chi connectivity index (χ1v) is 13.8. The van der Waals surface area contributed by atoms with Crippen molar-refractivity contribution in [1.82, 2.24) is 0 Å². The van der Waals surface area contributed by atoms with Crippen molar-refractivity contribution >= 4 is 9.90 Å². The van der Waals surface area contributed by atoms with Crippen molar-refractivity contribution in [3.05, 3.63) is 81.9 Å². The van der Waals surface area contributed by atoms with Crippen molar-refractivity contribution in [1.29, 1.82) is 0 Å². The predicted molar refractivity (Wildman–Crippen MR) is 169 cm³/mol. The van der Waals surface area contributed by atoms with Gasteiger partial charge in [0.25, 0.3) is 0 Å². The summed E-state index contributed by atoms with van der Waals surface area (Å²) in [7, 11) is 0. The van der Waals surface area contributed by atoms with Crippen LogP contribution in [0, 0.1) is 0 Å². The average Bonchev–Trinajstić information content (AvgIpc) is 2.69. The van der Waals surface area contributed by atoms with Gasteiger partial charge in [-0.3, -0.25) is 0 Å². The Hall–Kier alpha value is -1.39. The standard InChI is InChI=1S/C35H54.H3P/c1-15-16-17-24(2)31(27-20-18-25(32(3,4)5)22-29(27)34(9,10)11)28-21-19-26(33(6,7)8)23-30(28)35(12,13)14;/h18-23,31H,2,15-17H2,1,3-14H3;1H3. The molecule has 1 heteroatoms. The zero-order chi connectivity index (χ0) is 27.0. The lowest BCUT2D eigenvalue weighted by Gasteiger charge is -2.35. The highest BCUT2D eigenvalue weighted by molar-refractivity contribution is 6.92. The first-order chi connectivity index (χ1) is 15.8. The Morgan fingerprint density at radius 2 is 1.00 bits per heavy atom. The van der Waals surface area contributed by atoms with E-state index in [0.717, 1.165) is 6.42 Å². The van der Waals surface area contributed by atoms with E-state index in [1.54, 1.807) is 0 Å². The fourth-order valence-electron chi connectivity index (χ4n) is 5.00. The SMILES string of the molecule is C=C(CCCC)C(c1ccc(C(C)(C)C)cc1C(C)(C)C)c1ccc(C(C)(C)C)cc1C(C)(C)C.P. The van der Waals surface area contributed by atoms with Crippen LogP contribution in [0.4, 0.5) is 0 Å². The summed E-state index contributed by atoms with van der Waals surface area (Å²) in [6, 6.07) is 14.5. The Labute approximate surface area is 228 Å². The van der Waals surface area contributed by atoms with Crippen molar-refractivity contribution in [2.45, 2.75) is 137 Å². The second kappa shape index (κ2) is 11.6. The maximum absolute atomic E-state index is 4.73. The Kier molecular flexibility index (Phi) is 10.5. The summed E-state index contributed by atoms with van der Waals surface area (Å²) in [5.41, 5.74) is 10.3. The summed E-state index contributed by atoms with van der Waals surface area (Å²) in [6.07, 6.45) is 3.44. The normalized spacial score (nSPS) is 13.1. The lowest BCUT2D eigenvalue weighted by Crippen LogP contribution is -2.23. The van der Waals surface area contributed by atoms with Gasteiger partial charge in [0.15, 0.2) is 0 Å². The molecular formula is C35H57P. The molecule has 202 valence electrons. The molecule has 0 saturated heterocycles. The molecule has 36 heavy (non-hydrogen) atoms. The van der Waals surface area contributed by atoms with Gasteiger partial charge in [-0.2, -0.15) is 9.90 Å². The van der Waals surface area contributed by atoms with E-state index in [2.05, 4.69) is 126 Å². The van der Waals surface area contributed by atoms with Crippen LogP contribution in [0.25, 0.3) is 0 Å². The van der Waals surface area contributed by atoms with Crippen molar-refractivity contribution in [2.75, 3.05) is 0 Å². The molecule has 1 unspecified atom stereocenters. The third kappa shape index (κ3) is 7.81. The summed E-state index contributed by atoms with van der Waals surface area (Å²) in [6.45, 7) is 35.1. The maximum atomic E-state index is 4.73. The van der Waals surface area contributed by atoms with Gasteiger partial charge in [-0.05, 0) is 67.9 Å². The molecule has 0 saturated carbocycles. The molecule has 2 aromatic rings. The molecule has 0 radical (unpaired) electrons. The van der Waals surface area contributed by atoms with Gasteiger partial charge in [0, 0.05) is 5.92 Å². The fraction of sp³-hybridized carbons (Fsp3) is 0.600. The second-order valence-electron chi connectivity index (χ2n) is 14.8. The molecule has 0 aliphatic rings. The molecular weight excluding hydrogens is 451 g/mol. The van der Waals surface area contributed by atoms with Gasteiger partial charge >= 0.3 is 0 Å². The molecule has 2 rings (SSSR count). The van der Waals surface area contributed by atoms with Gasteiger partial charge in [-0.15, -0.1) is 0 Å². The fourth-order valence-corrected chi connectivity index (χ4v) is 5.00. The van der Waals surface area contributed by atoms with E-state index in [1.165, 1.54) is 51.8 Å². The maximum Gasteiger partial charge on any atom is 0.0302 e. The lowest BCUT2D eigenvalue weighted by atomic mass is 9.69. The molecule has 0 aliphatic carbocycles. The lowest BCUT2D eigenvalue weighted by molar-refractivity contribution is 0.552. The first-order valence-electron chi connectivity index (χ1n) is 13.8. The Morgan fingerprint density at radius 3 is 1.28 bits per heavy atom. The van der Waals surface area contributed by atoms with Crippen LogP contribution < -0.4 is 0 Å². The molecule has 0 N–H and O–H groups in total. The summed E-state index contributed by atoms with van der Waals surface area (Å²) in [5, 5.41) is 0. The molecule has 0 aliphatic heterocycles. The molecule has 0 fully saturated rings. The van der Waals surface area contributed by atoms with Crippen LogP contribution in [0.15, 0.2) is 48.6 Å². The van der Waals surface area contributed by atoms with Crippen LogP contribution in [-0.4, -0.2) is 0 Å². The van der Waals surface area contributed by atoms with Crippen LogP contribution in [-0.2, 0) is 21.7 Å². The molecule has 0 bridgehead atoms. The minimum Gasteiger partial charge on any atom is -0.153 e. The summed E-state index contributed by atoms with van der Waals surface area (Å²) >= 11 is 0. The number of hydrogen-bond acceptors (Lipinski definition) is 0. The molecule has 0 spiro atoms. The van der Waals surface area contributed by atoms with E-state index in [1.807, 2.05) is 0 Å². The van der Waals surface area contributed by atoms with Crippen LogP contribution >= 0.6 is 9.90 Å². The van der Waals surface area contributed by atoms with E-state index >= 15 is 0 Å². The summed E-state index contributed by atoms with van der Waals surface area (Å²) in [4.78, 5) is 0. The topological polar surface area (TPSA) is 0 Å². The quantitative estimate of drug-likeness (QED) is 0.269. The Balaban J connectivity index is 0.00000648. The van der Waals surface area contributed by atoms with Gasteiger partial charge in [0.1, 0.15) is 0 Å². The zero-order valence-electron chi connectivity index (χ0n) is 26.1. The number of unbranched alkanes of at least 4 members (excludes halogenated alkanes) is 1. The Bertz CT molecular complexity index is 951. The molecule has 0 nitrogen and oxygen atoms in total. The van der Waals surface area contributed by atoms with Crippen LogP contribution in [0.1, 0.15) is 149 Å². The van der Waals surface area contributed by atoms with Crippen LogP contribution in [0.2, 0.25) is 0 Å². The molecule has 0 amide bonds. The van der Waals surface area contributed by atoms with Gasteiger partial charge in [-0.25, -0.2) is 0 Å². The largest absolute Gasteiger partial charge is 0.153 e. The van der Waals surface area contributed by atoms with E-state index in [-0.39, 0.29) is 37.5 Å². The van der Waals surface area contributed by atoms with E-state index in [0.29, 0.717) is 0 Å². The van der Waals surface area contributed by atoms with Gasteiger partial charge in [-0.1, -0.05) is 145 Å². The Morgan fingerprint density at radius 1 is 0.639 bits per heavy atom. The van der Waals surface area contributed by atoms with Gasteiger partial charge in [0.05, 0.1) is 0 Å². The van der Waals surface area contributed by atoms with E-state index in [4.69, 9.17) is 6.58 Å². The highest BCUT2D eigenvalue weighted by Gasteiger charge is 2.32. The second-order valence-corrected chi connectivity index (χ2v) is 14.8. The van der Waals surface area contributed by atoms with Gasteiger partial charge < -0.3 is 0 Å². The van der Waals surface area contributed by atoms with Gasteiger partial charge in [0.2, 0.25) is 0 Å². The smallest absolute Gasteiger partial charge is 0.0302 e.